The summed E-state index contributed by atoms with van der Waals surface area (Å²) in [6.45, 7) is 5.14. The quantitative estimate of drug-likeness (QED) is 0.783. The smallest absolute Gasteiger partial charge is 0.140 e. The van der Waals surface area contributed by atoms with Gasteiger partial charge in [0.1, 0.15) is 11.6 Å². The molecule has 0 aliphatic carbocycles. The number of hydrogen-bond acceptors (Lipinski definition) is 2. The van der Waals surface area contributed by atoms with Crippen LogP contribution in [0.25, 0.3) is 0 Å². The standard InChI is InChI=1S/C13H18BrF2NO2S/c1-13(2,3)20(19)17-12(4-5-18)8-6-9(14)11(16)7-10(8)15/h6-7,12,17-18H,4-5H2,1-3H3. The first-order chi connectivity index (χ1) is 9.16. The van der Waals surface area contributed by atoms with E-state index in [1.54, 1.807) is 20.8 Å². The van der Waals surface area contributed by atoms with Gasteiger partial charge in [-0.3, -0.25) is 0 Å². The normalized spacial score (nSPS) is 15.2. The molecule has 0 saturated carbocycles. The van der Waals surface area contributed by atoms with Crippen LogP contribution < -0.4 is 4.72 Å². The van der Waals surface area contributed by atoms with E-state index in [0.29, 0.717) is 0 Å². The van der Waals surface area contributed by atoms with Crippen LogP contribution >= 0.6 is 15.9 Å². The zero-order chi connectivity index (χ0) is 15.5. The Morgan fingerprint density at radius 2 is 1.95 bits per heavy atom. The lowest BCUT2D eigenvalue weighted by Gasteiger charge is -2.24. The molecule has 114 valence electrons. The molecule has 0 bridgehead atoms. The Kier molecular flexibility index (Phi) is 6.25. The summed E-state index contributed by atoms with van der Waals surface area (Å²) in [5.74, 6) is -1.44. The van der Waals surface area contributed by atoms with Crippen molar-refractivity contribution in [1.29, 1.82) is 0 Å². The average molecular weight is 370 g/mol. The molecule has 0 aromatic heterocycles. The van der Waals surface area contributed by atoms with E-state index >= 15 is 0 Å². The third kappa shape index (κ3) is 4.58. The Bertz CT molecular complexity index is 506. The summed E-state index contributed by atoms with van der Waals surface area (Å²) in [7, 11) is -1.43. The lowest BCUT2D eigenvalue weighted by molar-refractivity contribution is 0.271. The van der Waals surface area contributed by atoms with Crippen molar-refractivity contribution in [2.45, 2.75) is 38.0 Å². The molecule has 0 fully saturated rings. The lowest BCUT2D eigenvalue weighted by Crippen LogP contribution is -2.36. The van der Waals surface area contributed by atoms with Crippen molar-refractivity contribution >= 4 is 26.9 Å². The highest BCUT2D eigenvalue weighted by Crippen LogP contribution is 2.27. The van der Waals surface area contributed by atoms with E-state index in [-0.39, 0.29) is 23.1 Å². The molecule has 0 spiro atoms. The molecule has 0 aliphatic rings. The van der Waals surface area contributed by atoms with Crippen LogP contribution in [-0.2, 0) is 11.0 Å². The maximum absolute atomic E-state index is 13.9. The lowest BCUT2D eigenvalue weighted by atomic mass is 10.0. The molecule has 7 heteroatoms. The minimum Gasteiger partial charge on any atom is -0.396 e. The van der Waals surface area contributed by atoms with Crippen LogP contribution in [0, 0.1) is 11.6 Å². The Morgan fingerprint density at radius 3 is 2.45 bits per heavy atom. The highest BCUT2D eigenvalue weighted by atomic mass is 79.9. The van der Waals surface area contributed by atoms with Gasteiger partial charge in [0.15, 0.2) is 0 Å². The van der Waals surface area contributed by atoms with E-state index in [1.165, 1.54) is 6.07 Å². The first-order valence-corrected chi connectivity index (χ1v) is 8.04. The minimum atomic E-state index is -1.43. The van der Waals surface area contributed by atoms with Crippen molar-refractivity contribution in [3.63, 3.8) is 0 Å². The summed E-state index contributed by atoms with van der Waals surface area (Å²) in [4.78, 5) is 0. The topological polar surface area (TPSA) is 49.3 Å². The second-order valence-corrected chi connectivity index (χ2v) is 8.20. The summed E-state index contributed by atoms with van der Waals surface area (Å²) in [5.41, 5.74) is 0.171. The first kappa shape index (κ1) is 17.7. The Hall–Kier alpha value is -0.370. The van der Waals surface area contributed by atoms with Gasteiger partial charge >= 0.3 is 0 Å². The van der Waals surface area contributed by atoms with Crippen LogP contribution in [0.4, 0.5) is 8.78 Å². The zero-order valence-electron chi connectivity index (χ0n) is 11.5. The van der Waals surface area contributed by atoms with Crippen molar-refractivity contribution in [2.75, 3.05) is 6.61 Å². The molecule has 0 aliphatic heterocycles. The number of rotatable bonds is 5. The number of aliphatic hydroxyl groups excluding tert-OH is 1. The van der Waals surface area contributed by atoms with Gasteiger partial charge in [0.05, 0.1) is 20.2 Å². The number of benzene rings is 1. The van der Waals surface area contributed by atoms with Gasteiger partial charge in [0, 0.05) is 24.3 Å². The second kappa shape index (κ2) is 7.06. The van der Waals surface area contributed by atoms with E-state index in [4.69, 9.17) is 5.11 Å². The molecule has 0 amide bonds. The van der Waals surface area contributed by atoms with Crippen molar-refractivity contribution in [1.82, 2.24) is 4.72 Å². The first-order valence-electron chi connectivity index (χ1n) is 6.10. The molecule has 2 atom stereocenters. The molecule has 0 radical (unpaired) electrons. The third-order valence-corrected chi connectivity index (χ3v) is 4.86. The van der Waals surface area contributed by atoms with E-state index in [0.717, 1.165) is 6.07 Å². The predicted molar refractivity (Wildman–Crippen MR) is 79.5 cm³/mol. The van der Waals surface area contributed by atoms with Gasteiger partial charge in [-0.2, -0.15) is 0 Å². The van der Waals surface area contributed by atoms with Crippen LogP contribution in [0.2, 0.25) is 0 Å². The average Bonchev–Trinajstić information content (AvgIpc) is 2.32. The van der Waals surface area contributed by atoms with Crippen molar-refractivity contribution < 1.29 is 18.1 Å². The summed E-state index contributed by atoms with van der Waals surface area (Å²) < 4.78 is 41.6. The minimum absolute atomic E-state index is 0.125. The van der Waals surface area contributed by atoms with Gasteiger partial charge in [-0.25, -0.2) is 17.7 Å². The highest BCUT2D eigenvalue weighted by Gasteiger charge is 2.25. The maximum atomic E-state index is 13.9. The van der Waals surface area contributed by atoms with Crippen LogP contribution in [-0.4, -0.2) is 20.7 Å². The van der Waals surface area contributed by atoms with Crippen LogP contribution in [0.5, 0.6) is 0 Å². The summed E-state index contributed by atoms with van der Waals surface area (Å²) in [6.07, 6.45) is 0.177. The van der Waals surface area contributed by atoms with E-state index in [1.807, 2.05) is 0 Å². The fourth-order valence-corrected chi connectivity index (χ4v) is 2.74. The molecule has 2 N–H and O–H groups in total. The van der Waals surface area contributed by atoms with Gasteiger partial charge in [0.2, 0.25) is 0 Å². The van der Waals surface area contributed by atoms with E-state index in [2.05, 4.69) is 20.7 Å². The largest absolute Gasteiger partial charge is 0.396 e. The SMILES string of the molecule is CC(C)(C)S(=O)NC(CCO)c1cc(Br)c(F)cc1F. The second-order valence-electron chi connectivity index (χ2n) is 5.35. The van der Waals surface area contributed by atoms with Crippen molar-refractivity contribution in [3.05, 3.63) is 33.8 Å². The molecular formula is C13H18BrF2NO2S. The van der Waals surface area contributed by atoms with E-state index < -0.39 is 33.4 Å². The number of halogens is 3. The van der Waals surface area contributed by atoms with Gasteiger partial charge in [0.25, 0.3) is 0 Å². The predicted octanol–water partition coefficient (Wildman–Crippen LogP) is 3.20. The zero-order valence-corrected chi connectivity index (χ0v) is 13.9. The molecule has 20 heavy (non-hydrogen) atoms. The number of hydrogen-bond donors (Lipinski definition) is 2. The molecule has 1 aromatic rings. The van der Waals surface area contributed by atoms with Crippen LogP contribution in [0.1, 0.15) is 38.8 Å². The molecule has 1 aromatic carbocycles. The number of nitrogens with one attached hydrogen (secondary N) is 1. The van der Waals surface area contributed by atoms with Gasteiger partial charge < -0.3 is 5.11 Å². The van der Waals surface area contributed by atoms with Crippen LogP contribution in [0.3, 0.4) is 0 Å². The third-order valence-electron chi connectivity index (χ3n) is 2.64. The van der Waals surface area contributed by atoms with Gasteiger partial charge in [-0.05, 0) is 49.2 Å². The fourth-order valence-electron chi connectivity index (χ4n) is 1.52. The van der Waals surface area contributed by atoms with Crippen molar-refractivity contribution in [3.8, 4) is 0 Å². The highest BCUT2D eigenvalue weighted by molar-refractivity contribution is 9.10. The molecular weight excluding hydrogens is 352 g/mol. The Balaban J connectivity index is 3.08. The van der Waals surface area contributed by atoms with E-state index in [9.17, 15) is 13.0 Å². The number of aliphatic hydroxyl groups is 1. The molecule has 0 saturated heterocycles. The Morgan fingerprint density at radius 1 is 1.35 bits per heavy atom. The Labute approximate surface area is 128 Å². The summed E-state index contributed by atoms with van der Waals surface area (Å²) in [6, 6.07) is 1.42. The monoisotopic (exact) mass is 369 g/mol. The van der Waals surface area contributed by atoms with Gasteiger partial charge in [-0.1, -0.05) is 0 Å². The molecule has 0 heterocycles. The molecule has 2 unspecified atom stereocenters. The summed E-state index contributed by atoms with van der Waals surface area (Å²) >= 11 is 3.00. The fraction of sp³-hybridized carbons (Fsp3) is 0.538. The molecule has 3 nitrogen and oxygen atoms in total. The van der Waals surface area contributed by atoms with Gasteiger partial charge in [-0.15, -0.1) is 0 Å². The molecule has 1 rings (SSSR count). The van der Waals surface area contributed by atoms with Crippen molar-refractivity contribution in [2.24, 2.45) is 0 Å². The summed E-state index contributed by atoms with van der Waals surface area (Å²) in [5, 5.41) is 9.08. The van der Waals surface area contributed by atoms with Crippen LogP contribution in [0.15, 0.2) is 16.6 Å². The maximum Gasteiger partial charge on any atom is 0.140 e.